The molecule has 0 amide bonds. The topological polar surface area (TPSA) is 46.5 Å². The first-order chi connectivity index (χ1) is 9.13. The van der Waals surface area contributed by atoms with E-state index in [1.165, 1.54) is 0 Å². The van der Waals surface area contributed by atoms with Crippen molar-refractivity contribution < 1.29 is 0 Å². The van der Waals surface area contributed by atoms with Gasteiger partial charge in [0.05, 0.1) is 35.2 Å². The zero-order valence-electron chi connectivity index (χ0n) is 10.2. The molecule has 96 valence electrons. The summed E-state index contributed by atoms with van der Waals surface area (Å²) in [6.07, 6.45) is 3.52. The van der Waals surface area contributed by atoms with Crippen LogP contribution in [0.4, 0.5) is 0 Å². The second-order valence-corrected chi connectivity index (χ2v) is 5.15. The van der Waals surface area contributed by atoms with Gasteiger partial charge in [-0.05, 0) is 37.3 Å². The molecule has 0 saturated carbocycles. The lowest BCUT2D eigenvalue weighted by Crippen LogP contribution is -2.02. The molecule has 0 aliphatic rings. The second-order valence-electron chi connectivity index (χ2n) is 4.33. The number of rotatable bonds is 2. The number of hydrogen-bond donors (Lipinski definition) is 1. The van der Waals surface area contributed by atoms with E-state index in [0.717, 1.165) is 22.4 Å². The Labute approximate surface area is 120 Å². The molecule has 2 heterocycles. The first kappa shape index (κ1) is 12.3. The van der Waals surface area contributed by atoms with E-state index in [1.807, 2.05) is 29.7 Å². The molecular weight excluding hydrogens is 280 g/mol. The van der Waals surface area contributed by atoms with Crippen LogP contribution in [0.3, 0.4) is 0 Å². The van der Waals surface area contributed by atoms with Gasteiger partial charge in [0, 0.05) is 11.2 Å². The number of fused-ring (bicyclic) bond motifs is 1. The largest absolute Gasteiger partial charge is 0.331 e. The molecule has 0 radical (unpaired) electrons. The molecule has 0 atom stereocenters. The zero-order valence-corrected chi connectivity index (χ0v) is 11.8. The maximum absolute atomic E-state index is 5.97. The van der Waals surface area contributed by atoms with Crippen LogP contribution in [0.2, 0.25) is 5.02 Å². The van der Waals surface area contributed by atoms with Gasteiger partial charge in [-0.2, -0.15) is 0 Å². The highest BCUT2D eigenvalue weighted by Gasteiger charge is 2.06. The highest BCUT2D eigenvalue weighted by atomic mass is 35.5. The minimum Gasteiger partial charge on any atom is -0.331 e. The van der Waals surface area contributed by atoms with Crippen molar-refractivity contribution in [1.82, 2.24) is 19.5 Å². The molecule has 0 unspecified atom stereocenters. The molecule has 0 aliphatic heterocycles. The third kappa shape index (κ3) is 2.39. The fraction of sp³-hybridized carbons (Fsp3) is 0.154. The van der Waals surface area contributed by atoms with E-state index in [2.05, 4.69) is 15.0 Å². The lowest BCUT2D eigenvalue weighted by Gasteiger charge is -2.04. The minimum absolute atomic E-state index is 0.591. The molecule has 0 saturated heterocycles. The standard InChI is InChI=1S/C13H11ClN4S/c1-8-5-16-10(6-15-8)7-18-12-3-2-9(14)4-11(12)17-13(18)19/h2-6H,7H2,1H3,(H,17,19). The van der Waals surface area contributed by atoms with Crippen LogP contribution >= 0.6 is 23.8 Å². The van der Waals surface area contributed by atoms with Gasteiger partial charge in [0.15, 0.2) is 4.77 Å². The average Bonchev–Trinajstić information content (AvgIpc) is 2.68. The highest BCUT2D eigenvalue weighted by Crippen LogP contribution is 2.19. The summed E-state index contributed by atoms with van der Waals surface area (Å²) in [4.78, 5) is 11.7. The van der Waals surface area contributed by atoms with Crippen molar-refractivity contribution in [3.8, 4) is 0 Å². The zero-order chi connectivity index (χ0) is 13.4. The number of aromatic nitrogens is 4. The van der Waals surface area contributed by atoms with E-state index in [9.17, 15) is 0 Å². The first-order valence-electron chi connectivity index (χ1n) is 5.79. The predicted octanol–water partition coefficient (Wildman–Crippen LogP) is 3.50. The van der Waals surface area contributed by atoms with E-state index < -0.39 is 0 Å². The molecule has 3 aromatic rings. The normalized spacial score (nSPS) is 11.1. The van der Waals surface area contributed by atoms with Crippen LogP contribution < -0.4 is 0 Å². The Morgan fingerprint density at radius 1 is 1.32 bits per heavy atom. The highest BCUT2D eigenvalue weighted by molar-refractivity contribution is 7.71. The smallest absolute Gasteiger partial charge is 0.178 e. The van der Waals surface area contributed by atoms with Gasteiger partial charge in [0.25, 0.3) is 0 Å². The molecular formula is C13H11ClN4S. The summed E-state index contributed by atoms with van der Waals surface area (Å²) < 4.78 is 2.64. The Morgan fingerprint density at radius 2 is 2.16 bits per heavy atom. The Kier molecular flexibility index (Phi) is 3.08. The van der Waals surface area contributed by atoms with E-state index in [0.29, 0.717) is 16.3 Å². The lowest BCUT2D eigenvalue weighted by molar-refractivity contribution is 0.776. The predicted molar refractivity (Wildman–Crippen MR) is 78.0 cm³/mol. The molecule has 0 aliphatic carbocycles. The van der Waals surface area contributed by atoms with Crippen LogP contribution in [0, 0.1) is 11.7 Å². The van der Waals surface area contributed by atoms with E-state index in [4.69, 9.17) is 23.8 Å². The van der Waals surface area contributed by atoms with Gasteiger partial charge in [-0.3, -0.25) is 9.97 Å². The number of hydrogen-bond acceptors (Lipinski definition) is 3. The molecule has 0 spiro atoms. The van der Waals surface area contributed by atoms with Crippen molar-refractivity contribution in [2.75, 3.05) is 0 Å². The summed E-state index contributed by atoms with van der Waals surface area (Å²) in [7, 11) is 0. The molecule has 6 heteroatoms. The number of aromatic amines is 1. The van der Waals surface area contributed by atoms with Crippen LogP contribution in [0.5, 0.6) is 0 Å². The Hall–Kier alpha value is -1.72. The van der Waals surface area contributed by atoms with Gasteiger partial charge in [-0.15, -0.1) is 0 Å². The van der Waals surface area contributed by atoms with E-state index >= 15 is 0 Å². The summed E-state index contributed by atoms with van der Waals surface area (Å²) in [6.45, 7) is 2.50. The molecule has 1 N–H and O–H groups in total. The number of H-pyrrole nitrogens is 1. The van der Waals surface area contributed by atoms with Crippen molar-refractivity contribution >= 4 is 34.9 Å². The van der Waals surface area contributed by atoms with Gasteiger partial charge in [0.2, 0.25) is 0 Å². The third-order valence-corrected chi connectivity index (χ3v) is 3.45. The number of halogens is 1. The monoisotopic (exact) mass is 290 g/mol. The minimum atomic E-state index is 0.591. The number of nitrogens with zero attached hydrogens (tertiary/aromatic N) is 3. The maximum Gasteiger partial charge on any atom is 0.178 e. The van der Waals surface area contributed by atoms with Gasteiger partial charge in [0.1, 0.15) is 0 Å². The lowest BCUT2D eigenvalue weighted by atomic mass is 10.3. The molecule has 19 heavy (non-hydrogen) atoms. The maximum atomic E-state index is 5.97. The Morgan fingerprint density at radius 3 is 2.89 bits per heavy atom. The Balaban J connectivity index is 2.07. The summed E-state index contributed by atoms with van der Waals surface area (Å²) in [6, 6.07) is 5.67. The van der Waals surface area contributed by atoms with Crippen molar-refractivity contribution in [2.24, 2.45) is 0 Å². The number of nitrogens with one attached hydrogen (secondary N) is 1. The summed E-state index contributed by atoms with van der Waals surface area (Å²) in [5.41, 5.74) is 3.71. The fourth-order valence-electron chi connectivity index (χ4n) is 1.96. The van der Waals surface area contributed by atoms with E-state index in [1.54, 1.807) is 12.4 Å². The number of imidazole rings is 1. The van der Waals surface area contributed by atoms with Crippen LogP contribution in [-0.4, -0.2) is 19.5 Å². The van der Waals surface area contributed by atoms with Crippen LogP contribution in [-0.2, 0) is 6.54 Å². The van der Waals surface area contributed by atoms with Gasteiger partial charge in [-0.25, -0.2) is 0 Å². The number of benzene rings is 1. The van der Waals surface area contributed by atoms with E-state index in [-0.39, 0.29) is 0 Å². The molecule has 0 fully saturated rings. The van der Waals surface area contributed by atoms with Gasteiger partial charge >= 0.3 is 0 Å². The second kappa shape index (κ2) is 4.75. The average molecular weight is 291 g/mol. The molecule has 3 rings (SSSR count). The van der Waals surface area contributed by atoms with Gasteiger partial charge < -0.3 is 9.55 Å². The molecule has 1 aromatic carbocycles. The summed E-state index contributed by atoms with van der Waals surface area (Å²) in [5.74, 6) is 0. The number of aryl methyl sites for hydroxylation is 1. The van der Waals surface area contributed by atoms with Crippen molar-refractivity contribution in [2.45, 2.75) is 13.5 Å². The van der Waals surface area contributed by atoms with Gasteiger partial charge in [-0.1, -0.05) is 11.6 Å². The van der Waals surface area contributed by atoms with Crippen LogP contribution in [0.1, 0.15) is 11.4 Å². The van der Waals surface area contributed by atoms with Crippen molar-refractivity contribution in [1.29, 1.82) is 0 Å². The summed E-state index contributed by atoms with van der Waals surface area (Å²) in [5, 5.41) is 0.686. The third-order valence-electron chi connectivity index (χ3n) is 2.89. The molecule has 4 nitrogen and oxygen atoms in total. The molecule has 2 aromatic heterocycles. The van der Waals surface area contributed by atoms with Crippen molar-refractivity contribution in [3.05, 3.63) is 51.8 Å². The molecule has 0 bridgehead atoms. The fourth-order valence-corrected chi connectivity index (χ4v) is 2.40. The quantitative estimate of drug-likeness (QED) is 0.735. The van der Waals surface area contributed by atoms with Crippen molar-refractivity contribution in [3.63, 3.8) is 0 Å². The Bertz CT molecular complexity index is 789. The summed E-state index contributed by atoms with van der Waals surface area (Å²) >= 11 is 11.3. The SMILES string of the molecule is Cc1cnc(Cn2c(=S)[nH]c3cc(Cl)ccc32)cn1. The first-order valence-corrected chi connectivity index (χ1v) is 6.58. The van der Waals surface area contributed by atoms with Crippen LogP contribution in [0.15, 0.2) is 30.6 Å². The van der Waals surface area contributed by atoms with Crippen LogP contribution in [0.25, 0.3) is 11.0 Å².